The molecule has 0 bridgehead atoms. The van der Waals surface area contributed by atoms with E-state index in [-0.39, 0.29) is 11.7 Å². The molecule has 3 heterocycles. The first-order valence-corrected chi connectivity index (χ1v) is 8.82. The maximum absolute atomic E-state index is 12.8. The molecule has 0 N–H and O–H groups in total. The van der Waals surface area contributed by atoms with Crippen LogP contribution in [0.5, 0.6) is 0 Å². The summed E-state index contributed by atoms with van der Waals surface area (Å²) in [6.07, 6.45) is -1.27. The Morgan fingerprint density at radius 3 is 2.60 bits per heavy atom. The molecular formula is C14H17F3N6OS. The molecule has 136 valence electrons. The summed E-state index contributed by atoms with van der Waals surface area (Å²) in [4.78, 5) is 14.4. The maximum Gasteiger partial charge on any atom is 0.435 e. The van der Waals surface area contributed by atoms with E-state index in [9.17, 15) is 18.0 Å². The van der Waals surface area contributed by atoms with Crippen LogP contribution in [0.2, 0.25) is 0 Å². The predicted molar refractivity (Wildman–Crippen MR) is 84.0 cm³/mol. The van der Waals surface area contributed by atoms with Gasteiger partial charge >= 0.3 is 6.18 Å². The number of hydrogen-bond acceptors (Lipinski definition) is 5. The van der Waals surface area contributed by atoms with Gasteiger partial charge in [0.15, 0.2) is 16.7 Å². The summed E-state index contributed by atoms with van der Waals surface area (Å²) < 4.78 is 41.3. The highest BCUT2D eigenvalue weighted by Crippen LogP contribution is 2.34. The lowest BCUT2D eigenvalue weighted by Gasteiger charge is -2.23. The van der Waals surface area contributed by atoms with Crippen molar-refractivity contribution in [1.29, 1.82) is 0 Å². The third kappa shape index (κ3) is 3.12. The molecule has 1 amide bonds. The lowest BCUT2D eigenvalue weighted by molar-refractivity contribution is -0.141. The van der Waals surface area contributed by atoms with Gasteiger partial charge in [-0.3, -0.25) is 9.48 Å². The Balaban J connectivity index is 1.91. The van der Waals surface area contributed by atoms with E-state index < -0.39 is 17.8 Å². The molecule has 1 fully saturated rings. The Morgan fingerprint density at radius 2 is 2.04 bits per heavy atom. The Bertz CT molecular complexity index is 799. The third-order valence-corrected chi connectivity index (χ3v) is 4.97. The SMILES string of the molecule is CSc1nnc(C2CCCN2C(=O)c2cc(C(F)(F)F)nn2C)n1C. The van der Waals surface area contributed by atoms with Crippen LogP contribution >= 0.6 is 11.8 Å². The first kappa shape index (κ1) is 17.8. The molecule has 0 aliphatic carbocycles. The number of aromatic nitrogens is 5. The van der Waals surface area contributed by atoms with Crippen LogP contribution in [-0.4, -0.2) is 48.2 Å². The molecule has 1 aliphatic heterocycles. The molecule has 0 radical (unpaired) electrons. The average Bonchev–Trinajstić information content (AvgIpc) is 3.23. The van der Waals surface area contributed by atoms with Gasteiger partial charge in [0.2, 0.25) is 0 Å². The van der Waals surface area contributed by atoms with E-state index in [4.69, 9.17) is 0 Å². The number of halogens is 3. The van der Waals surface area contributed by atoms with E-state index in [1.54, 1.807) is 4.90 Å². The lowest BCUT2D eigenvalue weighted by atomic mass is 10.2. The highest BCUT2D eigenvalue weighted by atomic mass is 32.2. The van der Waals surface area contributed by atoms with E-state index >= 15 is 0 Å². The Labute approximate surface area is 146 Å². The number of carbonyl (C=O) groups excluding carboxylic acids is 1. The van der Waals surface area contributed by atoms with Gasteiger partial charge in [-0.1, -0.05) is 11.8 Å². The summed E-state index contributed by atoms with van der Waals surface area (Å²) >= 11 is 1.44. The fourth-order valence-electron chi connectivity index (χ4n) is 3.03. The van der Waals surface area contributed by atoms with Crippen molar-refractivity contribution in [3.63, 3.8) is 0 Å². The summed E-state index contributed by atoms with van der Waals surface area (Å²) in [7, 11) is 3.15. The smallest absolute Gasteiger partial charge is 0.327 e. The number of carbonyl (C=O) groups is 1. The van der Waals surface area contributed by atoms with Gasteiger partial charge in [-0.05, 0) is 19.1 Å². The molecule has 1 unspecified atom stereocenters. The van der Waals surface area contributed by atoms with Crippen LogP contribution in [-0.2, 0) is 20.3 Å². The molecule has 0 aromatic carbocycles. The normalized spacial score (nSPS) is 18.2. The fraction of sp³-hybridized carbons (Fsp3) is 0.571. The average molecular weight is 374 g/mol. The molecule has 1 atom stereocenters. The second-order valence-electron chi connectivity index (χ2n) is 5.80. The summed E-state index contributed by atoms with van der Waals surface area (Å²) in [5, 5.41) is 12.4. The maximum atomic E-state index is 12.8. The number of aryl methyl sites for hydroxylation is 1. The zero-order valence-electron chi connectivity index (χ0n) is 13.9. The third-order valence-electron chi connectivity index (χ3n) is 4.25. The number of rotatable bonds is 3. The number of hydrogen-bond donors (Lipinski definition) is 0. The number of thioether (sulfide) groups is 1. The van der Waals surface area contributed by atoms with Crippen LogP contribution in [0.3, 0.4) is 0 Å². The van der Waals surface area contributed by atoms with Gasteiger partial charge < -0.3 is 9.47 Å². The van der Waals surface area contributed by atoms with Crippen molar-refractivity contribution in [2.75, 3.05) is 12.8 Å². The topological polar surface area (TPSA) is 68.8 Å². The number of nitrogens with zero attached hydrogens (tertiary/aromatic N) is 6. The Kier molecular flexibility index (Phi) is 4.52. The van der Waals surface area contributed by atoms with Crippen LogP contribution in [0.4, 0.5) is 13.2 Å². The molecule has 11 heteroatoms. The molecule has 25 heavy (non-hydrogen) atoms. The predicted octanol–water partition coefficient (Wildman–Crippen LogP) is 2.27. The lowest BCUT2D eigenvalue weighted by Crippen LogP contribution is -2.33. The second kappa shape index (κ2) is 6.36. The molecular weight excluding hydrogens is 357 g/mol. The Morgan fingerprint density at radius 1 is 1.32 bits per heavy atom. The van der Waals surface area contributed by atoms with Gasteiger partial charge in [-0.2, -0.15) is 18.3 Å². The first-order chi connectivity index (χ1) is 11.7. The van der Waals surface area contributed by atoms with Crippen molar-refractivity contribution in [3.8, 4) is 0 Å². The second-order valence-corrected chi connectivity index (χ2v) is 6.57. The van der Waals surface area contributed by atoms with Gasteiger partial charge in [0.25, 0.3) is 5.91 Å². The van der Waals surface area contributed by atoms with Crippen molar-refractivity contribution in [3.05, 3.63) is 23.3 Å². The highest BCUT2D eigenvalue weighted by Gasteiger charge is 2.39. The minimum atomic E-state index is -4.59. The quantitative estimate of drug-likeness (QED) is 0.771. The van der Waals surface area contributed by atoms with E-state index in [2.05, 4.69) is 15.3 Å². The van der Waals surface area contributed by atoms with E-state index in [1.807, 2.05) is 17.9 Å². The molecule has 3 rings (SSSR count). The summed E-state index contributed by atoms with van der Waals surface area (Å²) in [5.74, 6) is 0.148. The molecule has 2 aromatic heterocycles. The highest BCUT2D eigenvalue weighted by molar-refractivity contribution is 7.98. The molecule has 2 aromatic rings. The van der Waals surface area contributed by atoms with Crippen LogP contribution in [0.25, 0.3) is 0 Å². The van der Waals surface area contributed by atoms with E-state index in [1.165, 1.54) is 18.8 Å². The standard InChI is InChI=1S/C14H17F3N6OS/c1-21-11(18-19-13(21)25-3)8-5-4-6-23(8)12(24)9-7-10(14(15,16)17)20-22(9)2/h7-8H,4-6H2,1-3H3. The van der Waals surface area contributed by atoms with E-state index in [0.717, 1.165) is 17.2 Å². The van der Waals surface area contributed by atoms with Crippen molar-refractivity contribution in [1.82, 2.24) is 29.4 Å². The summed E-state index contributed by atoms with van der Waals surface area (Å²) in [6, 6.07) is 0.483. The molecule has 1 saturated heterocycles. The largest absolute Gasteiger partial charge is 0.435 e. The Hall–Kier alpha value is -2.04. The van der Waals surface area contributed by atoms with Crippen molar-refractivity contribution in [2.45, 2.75) is 30.2 Å². The van der Waals surface area contributed by atoms with Crippen LogP contribution in [0.1, 0.15) is 40.9 Å². The van der Waals surface area contributed by atoms with Crippen LogP contribution < -0.4 is 0 Å². The van der Waals surface area contributed by atoms with Crippen LogP contribution in [0, 0.1) is 0 Å². The van der Waals surface area contributed by atoms with Crippen molar-refractivity contribution < 1.29 is 18.0 Å². The number of likely N-dealkylation sites (tertiary alicyclic amines) is 1. The van der Waals surface area contributed by atoms with Crippen LogP contribution in [0.15, 0.2) is 11.2 Å². The zero-order valence-corrected chi connectivity index (χ0v) is 14.7. The first-order valence-electron chi connectivity index (χ1n) is 7.59. The monoisotopic (exact) mass is 374 g/mol. The van der Waals surface area contributed by atoms with Gasteiger partial charge in [-0.25, -0.2) is 0 Å². The van der Waals surface area contributed by atoms with E-state index in [0.29, 0.717) is 23.9 Å². The summed E-state index contributed by atoms with van der Waals surface area (Å²) in [6.45, 7) is 0.456. The zero-order chi connectivity index (χ0) is 18.4. The van der Waals surface area contributed by atoms with Gasteiger partial charge in [0.05, 0.1) is 6.04 Å². The minimum absolute atomic E-state index is 0.0912. The molecule has 1 aliphatic rings. The van der Waals surface area contributed by atoms with Crippen molar-refractivity contribution >= 4 is 17.7 Å². The molecule has 7 nitrogen and oxygen atoms in total. The minimum Gasteiger partial charge on any atom is -0.327 e. The number of alkyl halides is 3. The summed E-state index contributed by atoms with van der Waals surface area (Å²) in [5.41, 5.74) is -1.16. The molecule has 0 saturated carbocycles. The fourth-order valence-corrected chi connectivity index (χ4v) is 3.52. The number of amides is 1. The van der Waals surface area contributed by atoms with Gasteiger partial charge in [-0.15, -0.1) is 10.2 Å². The van der Waals surface area contributed by atoms with Gasteiger partial charge in [0.1, 0.15) is 5.69 Å². The van der Waals surface area contributed by atoms with Gasteiger partial charge in [0, 0.05) is 26.7 Å². The molecule has 0 spiro atoms. The van der Waals surface area contributed by atoms with Crippen molar-refractivity contribution in [2.24, 2.45) is 14.1 Å².